The Balaban J connectivity index is 1.72. The van der Waals surface area contributed by atoms with Gasteiger partial charge in [0.1, 0.15) is 5.82 Å². The monoisotopic (exact) mass is 314 g/mol. The van der Waals surface area contributed by atoms with Crippen molar-refractivity contribution in [3.8, 4) is 11.1 Å². The molecule has 0 spiro atoms. The van der Waals surface area contributed by atoms with Crippen LogP contribution in [0, 0.1) is 11.7 Å². The number of nitrogens with zero attached hydrogens (tertiary/aromatic N) is 1. The molecule has 1 saturated heterocycles. The first kappa shape index (κ1) is 14.1. The molecule has 22 heavy (non-hydrogen) atoms. The Labute approximate surface area is 134 Å². The summed E-state index contributed by atoms with van der Waals surface area (Å²) in [5, 5.41) is 3.40. The lowest BCUT2D eigenvalue weighted by atomic mass is 9.97. The van der Waals surface area contributed by atoms with E-state index in [1.54, 1.807) is 18.0 Å². The molecule has 2 aliphatic heterocycles. The highest BCUT2D eigenvalue weighted by atomic mass is 32.2. The van der Waals surface area contributed by atoms with E-state index in [-0.39, 0.29) is 5.82 Å². The molecule has 0 atom stereocenters. The molecule has 114 valence electrons. The molecule has 4 rings (SSSR count). The van der Waals surface area contributed by atoms with Gasteiger partial charge in [-0.1, -0.05) is 30.3 Å². The molecule has 2 heterocycles. The maximum absolute atomic E-state index is 14.5. The van der Waals surface area contributed by atoms with E-state index in [0.29, 0.717) is 5.92 Å². The Bertz CT molecular complexity index is 683. The van der Waals surface area contributed by atoms with Crippen molar-refractivity contribution in [2.24, 2.45) is 5.92 Å². The summed E-state index contributed by atoms with van der Waals surface area (Å²) in [7, 11) is 0. The predicted molar refractivity (Wildman–Crippen MR) is 90.6 cm³/mol. The van der Waals surface area contributed by atoms with Crippen LogP contribution in [0.25, 0.3) is 11.1 Å². The average Bonchev–Trinajstić information content (AvgIpc) is 2.56. The molecule has 0 saturated carbocycles. The molecule has 0 amide bonds. The van der Waals surface area contributed by atoms with Crippen molar-refractivity contribution in [1.82, 2.24) is 5.32 Å². The molecule has 0 aromatic heterocycles. The lowest BCUT2D eigenvalue weighted by molar-refractivity contribution is 0.384. The first-order valence-corrected chi connectivity index (χ1v) is 8.64. The van der Waals surface area contributed by atoms with E-state index in [1.807, 2.05) is 18.2 Å². The van der Waals surface area contributed by atoms with Crippen LogP contribution in [0.2, 0.25) is 0 Å². The first-order valence-electron chi connectivity index (χ1n) is 7.87. The molecule has 2 aromatic carbocycles. The van der Waals surface area contributed by atoms with Crippen LogP contribution in [0.15, 0.2) is 47.4 Å². The Morgan fingerprint density at radius 1 is 1.05 bits per heavy atom. The molecule has 4 heteroatoms. The minimum absolute atomic E-state index is 0.117. The first-order chi connectivity index (χ1) is 10.8. The van der Waals surface area contributed by atoms with Crippen LogP contribution in [0.3, 0.4) is 0 Å². The largest absolute Gasteiger partial charge is 0.317 e. The fraction of sp³-hybridized carbons (Fsp3) is 0.333. The summed E-state index contributed by atoms with van der Waals surface area (Å²) in [6.45, 7) is 3.06. The Morgan fingerprint density at radius 2 is 1.82 bits per heavy atom. The Morgan fingerprint density at radius 3 is 2.68 bits per heavy atom. The maximum Gasteiger partial charge on any atom is 0.147 e. The van der Waals surface area contributed by atoms with Gasteiger partial charge in [0.15, 0.2) is 0 Å². The highest BCUT2D eigenvalue weighted by molar-refractivity contribution is 8.01. The molecular weight excluding hydrogens is 295 g/mol. The van der Waals surface area contributed by atoms with E-state index >= 15 is 0 Å². The molecule has 0 aliphatic carbocycles. The average molecular weight is 314 g/mol. The summed E-state index contributed by atoms with van der Waals surface area (Å²) in [6, 6.07) is 13.7. The fourth-order valence-electron chi connectivity index (χ4n) is 3.35. The number of anilines is 1. The maximum atomic E-state index is 14.5. The van der Waals surface area contributed by atoms with Gasteiger partial charge in [-0.2, -0.15) is 0 Å². The number of hydrogen-bond donors (Lipinski definition) is 1. The van der Waals surface area contributed by atoms with Crippen LogP contribution in [0.5, 0.6) is 0 Å². The quantitative estimate of drug-likeness (QED) is 0.831. The number of hydrogen-bond acceptors (Lipinski definition) is 3. The van der Waals surface area contributed by atoms with E-state index in [2.05, 4.69) is 27.8 Å². The van der Waals surface area contributed by atoms with E-state index in [0.717, 1.165) is 36.4 Å². The second-order valence-electron chi connectivity index (χ2n) is 5.98. The van der Waals surface area contributed by atoms with E-state index in [9.17, 15) is 4.39 Å². The molecule has 1 N–H and O–H groups in total. The third-order valence-corrected chi connectivity index (χ3v) is 5.61. The van der Waals surface area contributed by atoms with Gasteiger partial charge >= 0.3 is 0 Å². The fourth-order valence-corrected chi connectivity index (χ4v) is 4.56. The van der Waals surface area contributed by atoms with E-state index in [1.165, 1.54) is 17.7 Å². The summed E-state index contributed by atoms with van der Waals surface area (Å²) >= 11 is 1.68. The topological polar surface area (TPSA) is 15.3 Å². The second kappa shape index (κ2) is 5.94. The van der Waals surface area contributed by atoms with Gasteiger partial charge in [0, 0.05) is 17.0 Å². The Hall–Kier alpha value is -1.52. The van der Waals surface area contributed by atoms with Gasteiger partial charge in [0.25, 0.3) is 0 Å². The van der Waals surface area contributed by atoms with Crippen molar-refractivity contribution < 1.29 is 4.39 Å². The zero-order valence-electron chi connectivity index (χ0n) is 12.4. The van der Waals surface area contributed by atoms with Crippen molar-refractivity contribution in [1.29, 1.82) is 0 Å². The lowest BCUT2D eigenvalue weighted by Gasteiger charge is -2.35. The number of nitrogens with one attached hydrogen (secondary N) is 1. The van der Waals surface area contributed by atoms with Crippen LogP contribution < -0.4 is 9.62 Å². The summed E-state index contributed by atoms with van der Waals surface area (Å²) < 4.78 is 16.7. The summed E-state index contributed by atoms with van der Waals surface area (Å²) in [5.41, 5.74) is 2.91. The van der Waals surface area contributed by atoms with Crippen molar-refractivity contribution >= 4 is 17.6 Å². The van der Waals surface area contributed by atoms with Gasteiger partial charge in [-0.05, 0) is 61.5 Å². The lowest BCUT2D eigenvalue weighted by Crippen LogP contribution is -2.34. The molecule has 2 nitrogen and oxygen atoms in total. The van der Waals surface area contributed by atoms with Gasteiger partial charge in [-0.25, -0.2) is 4.39 Å². The minimum Gasteiger partial charge on any atom is -0.317 e. The van der Waals surface area contributed by atoms with Crippen LogP contribution in [-0.2, 0) is 0 Å². The van der Waals surface area contributed by atoms with Crippen LogP contribution in [-0.4, -0.2) is 19.6 Å². The Kier molecular flexibility index (Phi) is 3.80. The molecule has 0 radical (unpaired) electrons. The number of fused-ring (bicyclic) bond motifs is 3. The standard InChI is InChI=1S/C18H19FN2S/c19-16-6-3-5-15-14-4-1-2-7-17(14)22-21(18(15)16)12-13-8-10-20-11-9-13/h1-7,13,20H,8-12H2. The highest BCUT2D eigenvalue weighted by Crippen LogP contribution is 2.47. The van der Waals surface area contributed by atoms with Crippen molar-refractivity contribution in [2.45, 2.75) is 17.7 Å². The number of para-hydroxylation sites is 1. The van der Waals surface area contributed by atoms with Gasteiger partial charge in [0.05, 0.1) is 5.69 Å². The van der Waals surface area contributed by atoms with Gasteiger partial charge in [0.2, 0.25) is 0 Å². The van der Waals surface area contributed by atoms with Gasteiger partial charge in [-0.3, -0.25) is 0 Å². The third kappa shape index (κ3) is 2.50. The second-order valence-corrected chi connectivity index (χ2v) is 7.04. The van der Waals surface area contributed by atoms with Crippen molar-refractivity contribution in [2.75, 3.05) is 23.9 Å². The smallest absolute Gasteiger partial charge is 0.147 e. The molecular formula is C18H19FN2S. The SMILES string of the molecule is Fc1cccc2c1N(CC1CCNCC1)Sc1ccccc1-2. The summed E-state index contributed by atoms with van der Waals surface area (Å²) in [5.74, 6) is 0.514. The van der Waals surface area contributed by atoms with Gasteiger partial charge in [-0.15, -0.1) is 0 Å². The highest BCUT2D eigenvalue weighted by Gasteiger charge is 2.28. The van der Waals surface area contributed by atoms with Crippen LogP contribution >= 0.6 is 11.9 Å². The minimum atomic E-state index is -0.117. The van der Waals surface area contributed by atoms with Gasteiger partial charge < -0.3 is 9.62 Å². The zero-order chi connectivity index (χ0) is 14.9. The van der Waals surface area contributed by atoms with Crippen LogP contribution in [0.1, 0.15) is 12.8 Å². The molecule has 2 aliphatic rings. The normalized spacial score (nSPS) is 18.0. The third-order valence-electron chi connectivity index (χ3n) is 4.50. The summed E-state index contributed by atoms with van der Waals surface area (Å²) in [6.07, 6.45) is 2.34. The van der Waals surface area contributed by atoms with Crippen molar-refractivity contribution in [3.05, 3.63) is 48.3 Å². The number of halogens is 1. The van der Waals surface area contributed by atoms with Crippen molar-refractivity contribution in [3.63, 3.8) is 0 Å². The zero-order valence-corrected chi connectivity index (χ0v) is 13.2. The number of rotatable bonds is 2. The molecule has 1 fully saturated rings. The van der Waals surface area contributed by atoms with Crippen LogP contribution in [0.4, 0.5) is 10.1 Å². The van der Waals surface area contributed by atoms with E-state index < -0.39 is 0 Å². The summed E-state index contributed by atoms with van der Waals surface area (Å²) in [4.78, 5) is 1.22. The molecule has 2 aromatic rings. The predicted octanol–water partition coefficient (Wildman–Crippen LogP) is 4.32. The van der Waals surface area contributed by atoms with E-state index in [4.69, 9.17) is 0 Å². The number of piperidine rings is 1. The number of benzene rings is 2. The molecule has 0 unspecified atom stereocenters. The molecule has 0 bridgehead atoms.